The van der Waals surface area contributed by atoms with Crippen LogP contribution in [-0.4, -0.2) is 23.0 Å². The zero-order chi connectivity index (χ0) is 18.7. The number of fused-ring (bicyclic) bond motifs is 2. The van der Waals surface area contributed by atoms with Crippen molar-refractivity contribution in [2.24, 2.45) is 5.92 Å². The molecule has 5 nitrogen and oxygen atoms in total. The second-order valence-electron chi connectivity index (χ2n) is 6.32. The summed E-state index contributed by atoms with van der Waals surface area (Å²) in [4.78, 5) is 24.6. The van der Waals surface area contributed by atoms with Crippen LogP contribution < -0.4 is 5.32 Å². The molecular weight excluding hydrogens is 328 g/mol. The van der Waals surface area contributed by atoms with Gasteiger partial charge in [0.1, 0.15) is 6.04 Å². The fourth-order valence-electron chi connectivity index (χ4n) is 3.18. The Bertz CT molecular complexity index is 982. The third-order valence-corrected chi connectivity index (χ3v) is 4.53. The maximum absolute atomic E-state index is 13.0. The van der Waals surface area contributed by atoms with Gasteiger partial charge in [0.25, 0.3) is 5.91 Å². The first kappa shape index (κ1) is 17.4. The fraction of sp³-hybridized carbons (Fsp3) is 0.190. The van der Waals surface area contributed by atoms with Crippen LogP contribution in [0.5, 0.6) is 0 Å². The summed E-state index contributed by atoms with van der Waals surface area (Å²) >= 11 is 0. The molecule has 0 radical (unpaired) electrons. The van der Waals surface area contributed by atoms with Crippen LogP contribution in [0.15, 0.2) is 54.6 Å². The largest absolute Gasteiger partial charge is 0.480 e. The summed E-state index contributed by atoms with van der Waals surface area (Å²) in [6, 6.07) is 17.9. The molecule has 3 aromatic rings. The molecule has 0 aliphatic carbocycles. The lowest BCUT2D eigenvalue weighted by atomic mass is 9.94. The Morgan fingerprint density at radius 3 is 2.12 bits per heavy atom. The molecule has 3 rings (SSSR count). The van der Waals surface area contributed by atoms with E-state index < -0.39 is 23.8 Å². The van der Waals surface area contributed by atoms with Crippen molar-refractivity contribution < 1.29 is 14.7 Å². The van der Waals surface area contributed by atoms with Gasteiger partial charge < -0.3 is 10.4 Å². The molecule has 0 spiro atoms. The summed E-state index contributed by atoms with van der Waals surface area (Å²) in [7, 11) is 0. The number of nitrogens with one attached hydrogen (secondary N) is 1. The zero-order valence-corrected chi connectivity index (χ0v) is 14.3. The SMILES string of the molecule is C[C@@H](CC#N)[C@H](NC(=O)c1c2ccccc2cc2ccccc12)C(=O)O. The minimum Gasteiger partial charge on any atom is -0.480 e. The summed E-state index contributed by atoms with van der Waals surface area (Å²) in [5.41, 5.74) is 0.453. The molecule has 2 N–H and O–H groups in total. The van der Waals surface area contributed by atoms with Crippen LogP contribution in [0.4, 0.5) is 0 Å². The lowest BCUT2D eigenvalue weighted by molar-refractivity contribution is -0.140. The van der Waals surface area contributed by atoms with E-state index in [9.17, 15) is 14.7 Å². The van der Waals surface area contributed by atoms with Crippen LogP contribution in [-0.2, 0) is 4.79 Å². The van der Waals surface area contributed by atoms with Crippen molar-refractivity contribution in [1.29, 1.82) is 5.26 Å². The minimum atomic E-state index is -1.15. The number of carbonyl (C=O) groups excluding carboxylic acids is 1. The summed E-state index contributed by atoms with van der Waals surface area (Å²) in [5, 5.41) is 24.3. The van der Waals surface area contributed by atoms with E-state index >= 15 is 0 Å². The predicted octanol–water partition coefficient (Wildman–Crippen LogP) is 3.73. The molecular formula is C21H18N2O3. The van der Waals surface area contributed by atoms with Gasteiger partial charge in [-0.15, -0.1) is 0 Å². The number of carboxylic acid groups (broad SMARTS) is 1. The number of rotatable bonds is 5. The first-order valence-corrected chi connectivity index (χ1v) is 8.34. The van der Waals surface area contributed by atoms with Crippen LogP contribution in [0.3, 0.4) is 0 Å². The first-order valence-electron chi connectivity index (χ1n) is 8.34. The molecule has 0 saturated heterocycles. The number of carbonyl (C=O) groups is 2. The molecule has 0 aromatic heterocycles. The molecule has 1 amide bonds. The smallest absolute Gasteiger partial charge is 0.326 e. The number of amides is 1. The van der Waals surface area contributed by atoms with Crippen molar-refractivity contribution >= 4 is 33.4 Å². The zero-order valence-electron chi connectivity index (χ0n) is 14.3. The van der Waals surface area contributed by atoms with Crippen LogP contribution in [0, 0.1) is 17.2 Å². The van der Waals surface area contributed by atoms with Crippen LogP contribution in [0.2, 0.25) is 0 Å². The summed E-state index contributed by atoms with van der Waals surface area (Å²) in [5.74, 6) is -2.09. The Morgan fingerprint density at radius 2 is 1.62 bits per heavy atom. The molecule has 0 saturated carbocycles. The number of nitrogens with zero attached hydrogens (tertiary/aromatic N) is 1. The highest BCUT2D eigenvalue weighted by Crippen LogP contribution is 2.28. The summed E-state index contributed by atoms with van der Waals surface area (Å²) in [6.07, 6.45) is 0.0491. The van der Waals surface area contributed by atoms with Gasteiger partial charge in [0.05, 0.1) is 11.6 Å². The summed E-state index contributed by atoms with van der Waals surface area (Å²) in [6.45, 7) is 1.64. The van der Waals surface area contributed by atoms with Crippen molar-refractivity contribution in [3.63, 3.8) is 0 Å². The molecule has 3 aromatic carbocycles. The van der Waals surface area contributed by atoms with Gasteiger partial charge in [0.2, 0.25) is 0 Å². The topological polar surface area (TPSA) is 90.2 Å². The maximum atomic E-state index is 13.0. The highest BCUT2D eigenvalue weighted by Gasteiger charge is 2.28. The second kappa shape index (κ2) is 7.24. The molecule has 2 atom stereocenters. The highest BCUT2D eigenvalue weighted by atomic mass is 16.4. The lowest BCUT2D eigenvalue weighted by Crippen LogP contribution is -2.45. The third-order valence-electron chi connectivity index (χ3n) is 4.53. The van der Waals surface area contributed by atoms with E-state index in [0.717, 1.165) is 21.5 Å². The fourth-order valence-corrected chi connectivity index (χ4v) is 3.18. The van der Waals surface area contributed by atoms with Gasteiger partial charge in [-0.3, -0.25) is 4.79 Å². The number of hydrogen-bond acceptors (Lipinski definition) is 3. The Labute approximate surface area is 150 Å². The van der Waals surface area contributed by atoms with E-state index in [0.29, 0.717) is 5.56 Å². The van der Waals surface area contributed by atoms with Gasteiger partial charge in [-0.25, -0.2) is 4.79 Å². The maximum Gasteiger partial charge on any atom is 0.326 e. The number of nitriles is 1. The van der Waals surface area contributed by atoms with Crippen LogP contribution in [0.1, 0.15) is 23.7 Å². The monoisotopic (exact) mass is 346 g/mol. The van der Waals surface area contributed by atoms with Crippen LogP contribution in [0.25, 0.3) is 21.5 Å². The second-order valence-corrected chi connectivity index (χ2v) is 6.32. The van der Waals surface area contributed by atoms with Crippen molar-refractivity contribution in [3.8, 4) is 6.07 Å². The standard InChI is InChI=1S/C21H18N2O3/c1-13(10-11-22)19(21(25)26)23-20(24)18-16-8-4-2-6-14(16)12-15-7-3-5-9-17(15)18/h2-9,12-13,19H,10H2,1H3,(H,23,24)(H,25,26)/t13-,19-/m0/s1. The van der Waals surface area contributed by atoms with Crippen molar-refractivity contribution in [1.82, 2.24) is 5.32 Å². The van der Waals surface area contributed by atoms with Crippen molar-refractivity contribution in [2.45, 2.75) is 19.4 Å². The Hall–Kier alpha value is -3.39. The van der Waals surface area contributed by atoms with Gasteiger partial charge in [-0.2, -0.15) is 5.26 Å². The molecule has 0 heterocycles. The molecule has 0 fully saturated rings. The van der Waals surface area contributed by atoms with E-state index in [1.54, 1.807) is 6.92 Å². The van der Waals surface area contributed by atoms with Crippen molar-refractivity contribution in [2.75, 3.05) is 0 Å². The number of hydrogen-bond donors (Lipinski definition) is 2. The number of carboxylic acids is 1. The molecule has 26 heavy (non-hydrogen) atoms. The number of aliphatic carboxylic acids is 1. The average Bonchev–Trinajstić information content (AvgIpc) is 2.63. The molecule has 0 aliphatic heterocycles. The molecule has 5 heteroatoms. The molecule has 130 valence electrons. The van der Waals surface area contributed by atoms with E-state index in [2.05, 4.69) is 5.32 Å². The van der Waals surface area contributed by atoms with Crippen molar-refractivity contribution in [3.05, 3.63) is 60.2 Å². The van der Waals surface area contributed by atoms with E-state index in [1.807, 2.05) is 60.7 Å². The third kappa shape index (κ3) is 3.22. The first-order chi connectivity index (χ1) is 12.5. The predicted molar refractivity (Wildman–Crippen MR) is 99.7 cm³/mol. The molecule has 0 unspecified atom stereocenters. The van der Waals surface area contributed by atoms with Gasteiger partial charge in [-0.05, 0) is 27.6 Å². The van der Waals surface area contributed by atoms with Gasteiger partial charge >= 0.3 is 5.97 Å². The lowest BCUT2D eigenvalue weighted by Gasteiger charge is -2.20. The van der Waals surface area contributed by atoms with Gasteiger partial charge in [0, 0.05) is 12.3 Å². The Kier molecular flexibility index (Phi) is 4.85. The van der Waals surface area contributed by atoms with Gasteiger partial charge in [-0.1, -0.05) is 55.5 Å². The minimum absolute atomic E-state index is 0.0491. The van der Waals surface area contributed by atoms with Gasteiger partial charge in [0.15, 0.2) is 0 Å². The highest BCUT2D eigenvalue weighted by molar-refractivity contribution is 6.18. The van der Waals surface area contributed by atoms with Crippen LogP contribution >= 0.6 is 0 Å². The Morgan fingerprint density at radius 1 is 1.08 bits per heavy atom. The quantitative estimate of drug-likeness (QED) is 0.689. The molecule has 0 bridgehead atoms. The molecule has 0 aliphatic rings. The van der Waals surface area contributed by atoms with E-state index in [-0.39, 0.29) is 6.42 Å². The number of benzene rings is 3. The average molecular weight is 346 g/mol. The van der Waals surface area contributed by atoms with E-state index in [1.165, 1.54) is 0 Å². The Balaban J connectivity index is 2.12. The van der Waals surface area contributed by atoms with E-state index in [4.69, 9.17) is 5.26 Å². The normalized spacial score (nSPS) is 13.1. The summed E-state index contributed by atoms with van der Waals surface area (Å²) < 4.78 is 0.